The summed E-state index contributed by atoms with van der Waals surface area (Å²) in [6.45, 7) is 1.99. The lowest BCUT2D eigenvalue weighted by Crippen LogP contribution is -2.45. The van der Waals surface area contributed by atoms with Crippen LogP contribution in [0.3, 0.4) is 0 Å². The first-order valence-corrected chi connectivity index (χ1v) is 8.64. The van der Waals surface area contributed by atoms with Gasteiger partial charge in [-0.05, 0) is 36.8 Å². The van der Waals surface area contributed by atoms with Crippen LogP contribution in [0, 0.1) is 6.92 Å². The second-order valence-corrected chi connectivity index (χ2v) is 6.30. The summed E-state index contributed by atoms with van der Waals surface area (Å²) in [5.74, 6) is -0.580. The maximum atomic E-state index is 12.8. The molecule has 0 aliphatic carbocycles. The van der Waals surface area contributed by atoms with E-state index in [1.165, 1.54) is 0 Å². The van der Waals surface area contributed by atoms with Crippen molar-refractivity contribution in [3.63, 3.8) is 0 Å². The van der Waals surface area contributed by atoms with Crippen molar-refractivity contribution in [3.05, 3.63) is 89.7 Å². The van der Waals surface area contributed by atoms with E-state index >= 15 is 0 Å². The number of carbonyl (C=O) groups excluding carboxylic acids is 2. The zero-order valence-electron chi connectivity index (χ0n) is 15.3. The maximum Gasteiger partial charge on any atom is 0.282 e. The Morgan fingerprint density at radius 1 is 0.926 bits per heavy atom. The number of nitrogens with one attached hydrogen (secondary N) is 3. The smallest absolute Gasteiger partial charge is 0.282 e. The Hall–Kier alpha value is -3.38. The quantitative estimate of drug-likeness (QED) is 0.590. The van der Waals surface area contributed by atoms with E-state index in [1.54, 1.807) is 29.9 Å². The van der Waals surface area contributed by atoms with Gasteiger partial charge in [-0.15, -0.1) is 0 Å². The highest BCUT2D eigenvalue weighted by atomic mass is 16.2. The molecule has 0 bridgehead atoms. The Morgan fingerprint density at radius 2 is 1.63 bits per heavy atom. The Labute approximate surface area is 158 Å². The molecule has 0 saturated carbocycles. The number of aryl methyl sites for hydroxylation is 2. The molecule has 6 heteroatoms. The van der Waals surface area contributed by atoms with E-state index in [4.69, 9.17) is 0 Å². The molecular weight excluding hydrogens is 340 g/mol. The largest absolute Gasteiger partial charge is 0.347 e. The lowest BCUT2D eigenvalue weighted by atomic mass is 10.1. The van der Waals surface area contributed by atoms with E-state index in [9.17, 15) is 9.59 Å². The van der Waals surface area contributed by atoms with Gasteiger partial charge in [0.2, 0.25) is 5.91 Å². The monoisotopic (exact) mass is 362 g/mol. The van der Waals surface area contributed by atoms with Crippen LogP contribution in [-0.2, 0) is 11.8 Å². The first-order chi connectivity index (χ1) is 13.0. The number of hydrazine groups is 1. The highest BCUT2D eigenvalue weighted by Gasteiger charge is 2.22. The molecule has 3 aromatic rings. The molecule has 138 valence electrons. The molecule has 1 atom stereocenters. The van der Waals surface area contributed by atoms with Crippen LogP contribution < -0.4 is 16.2 Å². The molecule has 3 N–H and O–H groups in total. The van der Waals surface area contributed by atoms with Crippen molar-refractivity contribution in [2.24, 2.45) is 7.05 Å². The summed E-state index contributed by atoms with van der Waals surface area (Å²) in [6, 6.07) is 19.5. The predicted octanol–water partition coefficient (Wildman–Crippen LogP) is 2.95. The molecule has 0 radical (unpaired) electrons. The highest BCUT2D eigenvalue weighted by molar-refractivity contribution is 5.96. The summed E-state index contributed by atoms with van der Waals surface area (Å²) in [5.41, 5.74) is 8.53. The van der Waals surface area contributed by atoms with Gasteiger partial charge < -0.3 is 9.88 Å². The van der Waals surface area contributed by atoms with Crippen molar-refractivity contribution in [3.8, 4) is 0 Å². The normalized spacial score (nSPS) is 11.6. The first-order valence-electron chi connectivity index (χ1n) is 8.64. The van der Waals surface area contributed by atoms with Gasteiger partial charge in [-0.2, -0.15) is 0 Å². The molecule has 0 saturated heterocycles. The van der Waals surface area contributed by atoms with Gasteiger partial charge in [-0.25, -0.2) is 5.43 Å². The van der Waals surface area contributed by atoms with E-state index in [0.29, 0.717) is 11.4 Å². The standard InChI is InChI=1S/C21H22N4O2/c1-15-10-12-17(13-11-15)22-21(27)19(16-7-4-3-5-8-16)23-24-20(26)18-9-6-14-25(18)2/h3-14,19,23H,1-2H3,(H,22,27)(H,24,26). The van der Waals surface area contributed by atoms with E-state index in [0.717, 1.165) is 11.1 Å². The number of benzene rings is 2. The molecule has 0 spiro atoms. The fourth-order valence-corrected chi connectivity index (χ4v) is 2.70. The molecule has 1 aromatic heterocycles. The third-order valence-electron chi connectivity index (χ3n) is 4.22. The molecule has 0 fully saturated rings. The van der Waals surface area contributed by atoms with Crippen molar-refractivity contribution < 1.29 is 9.59 Å². The fourth-order valence-electron chi connectivity index (χ4n) is 2.70. The van der Waals surface area contributed by atoms with Crippen LogP contribution >= 0.6 is 0 Å². The lowest BCUT2D eigenvalue weighted by molar-refractivity contribution is -0.118. The number of aromatic nitrogens is 1. The van der Waals surface area contributed by atoms with Gasteiger partial charge in [-0.1, -0.05) is 48.0 Å². The Balaban J connectivity index is 1.75. The number of anilines is 1. The third kappa shape index (κ3) is 4.62. The summed E-state index contributed by atoms with van der Waals surface area (Å²) < 4.78 is 1.71. The molecule has 3 rings (SSSR count). The van der Waals surface area contributed by atoms with Gasteiger partial charge in [0, 0.05) is 18.9 Å². The topological polar surface area (TPSA) is 75.2 Å². The first kappa shape index (κ1) is 18.4. The average molecular weight is 362 g/mol. The Bertz CT molecular complexity index is 917. The summed E-state index contributed by atoms with van der Waals surface area (Å²) in [5, 5.41) is 2.88. The van der Waals surface area contributed by atoms with Crippen molar-refractivity contribution in [1.29, 1.82) is 0 Å². The SMILES string of the molecule is Cc1ccc(NC(=O)C(NNC(=O)c2cccn2C)c2ccccc2)cc1. The molecule has 0 aliphatic heterocycles. The predicted molar refractivity (Wildman–Crippen MR) is 105 cm³/mol. The fraction of sp³-hybridized carbons (Fsp3) is 0.143. The van der Waals surface area contributed by atoms with Gasteiger partial charge in [0.15, 0.2) is 0 Å². The second-order valence-electron chi connectivity index (χ2n) is 6.30. The number of hydrogen-bond acceptors (Lipinski definition) is 3. The molecule has 0 aliphatic rings. The van der Waals surface area contributed by atoms with E-state index in [1.807, 2.05) is 61.5 Å². The summed E-state index contributed by atoms with van der Waals surface area (Å²) >= 11 is 0. The number of hydrogen-bond donors (Lipinski definition) is 3. The molecule has 1 heterocycles. The van der Waals surface area contributed by atoms with E-state index in [-0.39, 0.29) is 11.8 Å². The summed E-state index contributed by atoms with van der Waals surface area (Å²) in [6.07, 6.45) is 1.79. The molecule has 27 heavy (non-hydrogen) atoms. The van der Waals surface area contributed by atoms with Crippen LogP contribution in [0.2, 0.25) is 0 Å². The van der Waals surface area contributed by atoms with Crippen LogP contribution in [0.25, 0.3) is 0 Å². The minimum atomic E-state index is -0.739. The van der Waals surface area contributed by atoms with Gasteiger partial charge in [-0.3, -0.25) is 15.0 Å². The van der Waals surface area contributed by atoms with Gasteiger partial charge in [0.25, 0.3) is 5.91 Å². The van der Waals surface area contributed by atoms with Crippen LogP contribution in [0.4, 0.5) is 5.69 Å². The molecular formula is C21H22N4O2. The summed E-state index contributed by atoms with van der Waals surface area (Å²) in [7, 11) is 1.79. The number of nitrogens with zero attached hydrogens (tertiary/aromatic N) is 1. The zero-order valence-corrected chi connectivity index (χ0v) is 15.3. The minimum absolute atomic E-state index is 0.266. The molecule has 6 nitrogen and oxygen atoms in total. The highest BCUT2D eigenvalue weighted by Crippen LogP contribution is 2.16. The minimum Gasteiger partial charge on any atom is -0.347 e. The van der Waals surface area contributed by atoms with E-state index < -0.39 is 6.04 Å². The van der Waals surface area contributed by atoms with Gasteiger partial charge in [0.1, 0.15) is 11.7 Å². The Kier molecular flexibility index (Phi) is 5.68. The van der Waals surface area contributed by atoms with Crippen molar-refractivity contribution in [2.45, 2.75) is 13.0 Å². The van der Waals surface area contributed by atoms with Crippen LogP contribution in [0.5, 0.6) is 0 Å². The van der Waals surface area contributed by atoms with Crippen molar-refractivity contribution in [2.75, 3.05) is 5.32 Å². The number of rotatable bonds is 6. The third-order valence-corrected chi connectivity index (χ3v) is 4.22. The van der Waals surface area contributed by atoms with Gasteiger partial charge >= 0.3 is 0 Å². The average Bonchev–Trinajstić information content (AvgIpc) is 3.10. The lowest BCUT2D eigenvalue weighted by Gasteiger charge is -2.19. The zero-order chi connectivity index (χ0) is 19.2. The van der Waals surface area contributed by atoms with Crippen LogP contribution in [0.15, 0.2) is 72.9 Å². The molecule has 1 unspecified atom stereocenters. The molecule has 2 amide bonds. The van der Waals surface area contributed by atoms with Crippen LogP contribution in [0.1, 0.15) is 27.7 Å². The van der Waals surface area contributed by atoms with Crippen LogP contribution in [-0.4, -0.2) is 16.4 Å². The van der Waals surface area contributed by atoms with Crippen molar-refractivity contribution in [1.82, 2.24) is 15.4 Å². The maximum absolute atomic E-state index is 12.8. The molecule has 2 aromatic carbocycles. The summed E-state index contributed by atoms with van der Waals surface area (Å²) in [4.78, 5) is 25.2. The number of carbonyl (C=O) groups is 2. The Morgan fingerprint density at radius 3 is 2.26 bits per heavy atom. The van der Waals surface area contributed by atoms with Crippen molar-refractivity contribution >= 4 is 17.5 Å². The number of amides is 2. The van der Waals surface area contributed by atoms with Gasteiger partial charge in [0.05, 0.1) is 0 Å². The second kappa shape index (κ2) is 8.33. The van der Waals surface area contributed by atoms with E-state index in [2.05, 4.69) is 16.2 Å².